The Bertz CT molecular complexity index is 477. The molecule has 2 N–H and O–H groups in total. The maximum Gasteiger partial charge on any atom is 0.242 e. The molecule has 0 bridgehead atoms. The molecule has 1 heterocycles. The van der Waals surface area contributed by atoms with Crippen molar-refractivity contribution in [3.63, 3.8) is 0 Å². The topological polar surface area (TPSA) is 58.2 Å². The van der Waals surface area contributed by atoms with E-state index >= 15 is 0 Å². The van der Waals surface area contributed by atoms with Crippen LogP contribution in [0.15, 0.2) is 23.1 Å². The molecule has 90 valence electrons. The van der Waals surface area contributed by atoms with E-state index in [1.807, 2.05) is 6.07 Å². The number of thioether (sulfide) groups is 1. The van der Waals surface area contributed by atoms with Crippen molar-refractivity contribution in [1.82, 2.24) is 0 Å². The highest BCUT2D eigenvalue weighted by atomic mass is 35.5. The minimum absolute atomic E-state index is 0.0308. The van der Waals surface area contributed by atoms with E-state index in [1.165, 1.54) is 11.8 Å². The first-order valence-electron chi connectivity index (χ1n) is 5.08. The number of anilines is 2. The largest absolute Gasteiger partial charge is 0.325 e. The van der Waals surface area contributed by atoms with Gasteiger partial charge >= 0.3 is 0 Å². The minimum atomic E-state index is -0.588. The van der Waals surface area contributed by atoms with Crippen molar-refractivity contribution >= 4 is 46.6 Å². The van der Waals surface area contributed by atoms with Gasteiger partial charge in [0.1, 0.15) is 5.38 Å². The summed E-state index contributed by atoms with van der Waals surface area (Å²) in [6.45, 7) is 1.60. The van der Waals surface area contributed by atoms with Gasteiger partial charge in [0.2, 0.25) is 11.8 Å². The minimum Gasteiger partial charge on any atom is -0.325 e. The maximum atomic E-state index is 11.4. The third-order valence-electron chi connectivity index (χ3n) is 2.24. The summed E-state index contributed by atoms with van der Waals surface area (Å²) in [5, 5.41) is 4.85. The van der Waals surface area contributed by atoms with Gasteiger partial charge in [-0.15, -0.1) is 23.4 Å². The molecule has 1 unspecified atom stereocenters. The number of halogens is 1. The predicted molar refractivity (Wildman–Crippen MR) is 69.7 cm³/mol. The number of fused-ring (bicyclic) bond motifs is 1. The van der Waals surface area contributed by atoms with E-state index in [9.17, 15) is 9.59 Å². The van der Waals surface area contributed by atoms with E-state index in [4.69, 9.17) is 11.6 Å². The number of rotatable bonds is 2. The highest BCUT2D eigenvalue weighted by Crippen LogP contribution is 2.33. The predicted octanol–water partition coefficient (Wildman–Crippen LogP) is 2.30. The molecule has 1 atom stereocenters. The van der Waals surface area contributed by atoms with Crippen LogP contribution in [0.2, 0.25) is 0 Å². The van der Waals surface area contributed by atoms with E-state index in [0.717, 1.165) is 10.6 Å². The SMILES string of the molecule is CC(Cl)C(=O)Nc1ccc2c(c1)NC(=O)CS2. The Morgan fingerprint density at radius 3 is 3.06 bits per heavy atom. The summed E-state index contributed by atoms with van der Waals surface area (Å²) < 4.78 is 0. The molecule has 0 aliphatic carbocycles. The van der Waals surface area contributed by atoms with Gasteiger partial charge in [-0.1, -0.05) is 0 Å². The average molecular weight is 271 g/mol. The molecular formula is C11H11ClN2O2S. The standard InChI is InChI=1S/C11H11ClN2O2S/c1-6(12)11(16)13-7-2-3-9-8(4-7)14-10(15)5-17-9/h2-4,6H,5H2,1H3,(H,13,16)(H,14,15). The van der Waals surface area contributed by atoms with Gasteiger partial charge < -0.3 is 10.6 Å². The van der Waals surface area contributed by atoms with Gasteiger partial charge in [0.15, 0.2) is 0 Å². The van der Waals surface area contributed by atoms with Gasteiger partial charge in [0.25, 0.3) is 0 Å². The number of carbonyl (C=O) groups is 2. The normalized spacial score (nSPS) is 15.8. The van der Waals surface area contributed by atoms with Crippen molar-refractivity contribution in [2.24, 2.45) is 0 Å². The fourth-order valence-corrected chi connectivity index (χ4v) is 2.25. The Kier molecular flexibility index (Phi) is 3.59. The monoisotopic (exact) mass is 270 g/mol. The number of carbonyl (C=O) groups excluding carboxylic acids is 2. The number of hydrogen-bond donors (Lipinski definition) is 2. The van der Waals surface area contributed by atoms with Crippen LogP contribution in [-0.4, -0.2) is 22.9 Å². The third kappa shape index (κ3) is 2.92. The van der Waals surface area contributed by atoms with Gasteiger partial charge in [0.05, 0.1) is 11.4 Å². The Balaban J connectivity index is 2.18. The number of hydrogen-bond acceptors (Lipinski definition) is 3. The summed E-state index contributed by atoms with van der Waals surface area (Å²) in [4.78, 5) is 23.6. The van der Waals surface area contributed by atoms with Crippen molar-refractivity contribution in [3.05, 3.63) is 18.2 Å². The average Bonchev–Trinajstić information content (AvgIpc) is 2.28. The Hall–Kier alpha value is -1.20. The summed E-state index contributed by atoms with van der Waals surface area (Å²) in [6.07, 6.45) is 0. The molecule has 6 heteroatoms. The van der Waals surface area contributed by atoms with Crippen molar-refractivity contribution in [2.45, 2.75) is 17.2 Å². The molecule has 1 aromatic carbocycles. The van der Waals surface area contributed by atoms with E-state index in [2.05, 4.69) is 10.6 Å². The second kappa shape index (κ2) is 4.98. The maximum absolute atomic E-state index is 11.4. The van der Waals surface area contributed by atoms with Gasteiger partial charge in [-0.3, -0.25) is 9.59 Å². The van der Waals surface area contributed by atoms with Crippen molar-refractivity contribution in [3.8, 4) is 0 Å². The first-order chi connectivity index (χ1) is 8.06. The molecule has 0 spiro atoms. The van der Waals surface area contributed by atoms with Crippen LogP contribution < -0.4 is 10.6 Å². The zero-order chi connectivity index (χ0) is 12.4. The molecule has 1 aliphatic heterocycles. The molecule has 0 fully saturated rings. The van der Waals surface area contributed by atoms with E-state index < -0.39 is 5.38 Å². The lowest BCUT2D eigenvalue weighted by Gasteiger charge is -2.17. The van der Waals surface area contributed by atoms with Gasteiger partial charge in [-0.2, -0.15) is 0 Å². The van der Waals surface area contributed by atoms with Crippen LogP contribution in [-0.2, 0) is 9.59 Å². The molecular weight excluding hydrogens is 260 g/mol. The van der Waals surface area contributed by atoms with E-state index in [1.54, 1.807) is 19.1 Å². The van der Waals surface area contributed by atoms with E-state index in [0.29, 0.717) is 11.4 Å². The van der Waals surface area contributed by atoms with E-state index in [-0.39, 0.29) is 11.8 Å². The third-order valence-corrected chi connectivity index (χ3v) is 3.51. The highest BCUT2D eigenvalue weighted by Gasteiger charge is 2.16. The smallest absolute Gasteiger partial charge is 0.242 e. The number of amides is 2. The highest BCUT2D eigenvalue weighted by molar-refractivity contribution is 8.00. The molecule has 17 heavy (non-hydrogen) atoms. The Morgan fingerprint density at radius 2 is 2.35 bits per heavy atom. The lowest BCUT2D eigenvalue weighted by molar-refractivity contribution is -0.115. The fourth-order valence-electron chi connectivity index (χ4n) is 1.40. The molecule has 4 nitrogen and oxygen atoms in total. The first kappa shape index (κ1) is 12.3. The molecule has 2 amide bonds. The van der Waals surface area contributed by atoms with Crippen LogP contribution in [0.5, 0.6) is 0 Å². The molecule has 0 radical (unpaired) electrons. The van der Waals surface area contributed by atoms with Crippen molar-refractivity contribution < 1.29 is 9.59 Å². The first-order valence-corrected chi connectivity index (χ1v) is 6.50. The second-order valence-electron chi connectivity index (χ2n) is 3.65. The number of alkyl halides is 1. The Labute approximate surface area is 108 Å². The quantitative estimate of drug-likeness (QED) is 0.811. The molecule has 0 saturated carbocycles. The summed E-state index contributed by atoms with van der Waals surface area (Å²) in [5.41, 5.74) is 1.36. The Morgan fingerprint density at radius 1 is 1.59 bits per heavy atom. The second-order valence-corrected chi connectivity index (χ2v) is 5.32. The molecule has 0 aromatic heterocycles. The van der Waals surface area contributed by atoms with Crippen molar-refractivity contribution in [1.29, 1.82) is 0 Å². The lowest BCUT2D eigenvalue weighted by atomic mass is 10.2. The zero-order valence-electron chi connectivity index (χ0n) is 9.12. The molecule has 1 aromatic rings. The zero-order valence-corrected chi connectivity index (χ0v) is 10.7. The van der Waals surface area contributed by atoms with Crippen LogP contribution in [0.3, 0.4) is 0 Å². The summed E-state index contributed by atoms with van der Waals surface area (Å²) in [7, 11) is 0. The molecule has 1 aliphatic rings. The lowest BCUT2D eigenvalue weighted by Crippen LogP contribution is -2.21. The van der Waals surface area contributed by atoms with Gasteiger partial charge in [-0.05, 0) is 25.1 Å². The molecule has 0 saturated heterocycles. The summed E-state index contributed by atoms with van der Waals surface area (Å²) >= 11 is 7.14. The van der Waals surface area contributed by atoms with Crippen LogP contribution in [0.4, 0.5) is 11.4 Å². The fraction of sp³-hybridized carbons (Fsp3) is 0.273. The summed E-state index contributed by atoms with van der Waals surface area (Å²) in [6, 6.07) is 5.39. The van der Waals surface area contributed by atoms with Gasteiger partial charge in [0, 0.05) is 10.6 Å². The van der Waals surface area contributed by atoms with Crippen LogP contribution in [0.1, 0.15) is 6.92 Å². The van der Waals surface area contributed by atoms with Gasteiger partial charge in [-0.25, -0.2) is 0 Å². The number of nitrogens with one attached hydrogen (secondary N) is 2. The van der Waals surface area contributed by atoms with Crippen LogP contribution in [0, 0.1) is 0 Å². The van der Waals surface area contributed by atoms with Crippen LogP contribution >= 0.6 is 23.4 Å². The van der Waals surface area contributed by atoms with Crippen molar-refractivity contribution in [2.75, 3.05) is 16.4 Å². The van der Waals surface area contributed by atoms with Crippen LogP contribution in [0.25, 0.3) is 0 Å². The molecule has 2 rings (SSSR count). The summed E-state index contributed by atoms with van der Waals surface area (Å²) in [5.74, 6) is 0.135. The number of benzene rings is 1.